The topological polar surface area (TPSA) is 218 Å². The molecule has 1 aliphatic rings. The van der Waals surface area contributed by atoms with Crippen molar-refractivity contribution < 1.29 is 42.6 Å². The van der Waals surface area contributed by atoms with E-state index in [-0.39, 0.29) is 30.3 Å². The second-order valence-corrected chi connectivity index (χ2v) is 15.4. The van der Waals surface area contributed by atoms with Crippen LogP contribution in [0.15, 0.2) is 36.7 Å². The number of benzene rings is 1. The fourth-order valence-electron chi connectivity index (χ4n) is 6.66. The molecule has 0 amide bonds. The standard InChI is InChI=1S/C38H54FN6O8P/c1-2-3-4-5-6-7-8-9-10-11-12-13-14-15-16-31(50-23-29-19-28(22-40)20-30(39)21-29)24-51-54(48,49)52-26-38(25-41)36(47)34(46)35(53-38)32-17-18-33-37(42)43-27-44-45(32)33/h17-21,27,31,34-36,46-47H,2-16,23-24,26H2,1H3,(H,48,49)(H2,42,43,44)/t31-,34-,35-,36-,38+/m0/s1. The van der Waals surface area contributed by atoms with Crippen molar-refractivity contribution in [3.8, 4) is 12.1 Å². The van der Waals surface area contributed by atoms with Gasteiger partial charge in [-0.25, -0.2) is 18.5 Å². The fourth-order valence-corrected chi connectivity index (χ4v) is 7.45. The second kappa shape index (κ2) is 21.6. The number of aliphatic hydroxyl groups is 2. The number of aromatic nitrogens is 3. The van der Waals surface area contributed by atoms with E-state index in [1.165, 1.54) is 87.2 Å². The Labute approximate surface area is 316 Å². The Morgan fingerprint density at radius 3 is 2.28 bits per heavy atom. The maximum absolute atomic E-state index is 14.1. The summed E-state index contributed by atoms with van der Waals surface area (Å²) >= 11 is 0. The first kappa shape index (κ1) is 43.2. The van der Waals surface area contributed by atoms with Crippen LogP contribution in [0.25, 0.3) is 5.52 Å². The van der Waals surface area contributed by atoms with Gasteiger partial charge in [-0.1, -0.05) is 96.8 Å². The number of hydrogen-bond acceptors (Lipinski definition) is 12. The molecule has 3 heterocycles. The van der Waals surface area contributed by atoms with Crippen LogP contribution in [0.5, 0.6) is 0 Å². The van der Waals surface area contributed by atoms with Crippen LogP contribution in [0.4, 0.5) is 10.2 Å². The highest BCUT2D eigenvalue weighted by Crippen LogP contribution is 2.48. The molecule has 1 unspecified atom stereocenters. The molecule has 0 radical (unpaired) electrons. The lowest BCUT2D eigenvalue weighted by atomic mass is 9.96. The third-order valence-corrected chi connectivity index (χ3v) is 10.7. The number of aliphatic hydroxyl groups excluding tert-OH is 2. The molecule has 0 saturated carbocycles. The van der Waals surface area contributed by atoms with Crippen LogP contribution in [0, 0.1) is 28.5 Å². The molecular weight excluding hydrogens is 718 g/mol. The number of ether oxygens (including phenoxy) is 2. The van der Waals surface area contributed by atoms with Gasteiger partial charge in [0.15, 0.2) is 5.82 Å². The zero-order valence-electron chi connectivity index (χ0n) is 31.0. The van der Waals surface area contributed by atoms with Gasteiger partial charge in [-0.15, -0.1) is 0 Å². The van der Waals surface area contributed by atoms with Crippen molar-refractivity contribution in [1.29, 1.82) is 10.5 Å². The number of fused-ring (bicyclic) bond motifs is 1. The number of anilines is 1. The third-order valence-electron chi connectivity index (χ3n) is 9.76. The molecule has 16 heteroatoms. The van der Waals surface area contributed by atoms with E-state index < -0.39 is 50.3 Å². The van der Waals surface area contributed by atoms with Crippen LogP contribution >= 0.6 is 7.82 Å². The molecule has 296 valence electrons. The molecule has 1 fully saturated rings. The largest absolute Gasteiger partial charge is 0.472 e. The molecule has 14 nitrogen and oxygen atoms in total. The van der Waals surface area contributed by atoms with Crippen LogP contribution in [0.3, 0.4) is 0 Å². The Kier molecular flexibility index (Phi) is 17.3. The maximum atomic E-state index is 14.1. The fraction of sp³-hybridized carbons (Fsp3) is 0.632. The van der Waals surface area contributed by atoms with E-state index >= 15 is 0 Å². The summed E-state index contributed by atoms with van der Waals surface area (Å²) in [5, 5.41) is 45.1. The lowest BCUT2D eigenvalue weighted by Gasteiger charge is -2.26. The molecule has 0 bridgehead atoms. The summed E-state index contributed by atoms with van der Waals surface area (Å²) in [4.78, 5) is 14.5. The molecule has 2 aromatic heterocycles. The number of hydrogen-bond donors (Lipinski definition) is 4. The molecule has 1 saturated heterocycles. The van der Waals surface area contributed by atoms with Gasteiger partial charge in [0.2, 0.25) is 5.60 Å². The Morgan fingerprint density at radius 2 is 1.65 bits per heavy atom. The lowest BCUT2D eigenvalue weighted by molar-refractivity contribution is -0.0763. The number of nitrogens with two attached hydrogens (primary N) is 1. The number of unbranched alkanes of at least 4 members (excludes halogenated alkanes) is 13. The van der Waals surface area contributed by atoms with Crippen LogP contribution in [0.2, 0.25) is 0 Å². The van der Waals surface area contributed by atoms with Gasteiger partial charge in [-0.05, 0) is 42.3 Å². The molecule has 5 N–H and O–H groups in total. The molecule has 4 rings (SSSR count). The van der Waals surface area contributed by atoms with Crippen LogP contribution in [-0.4, -0.2) is 66.8 Å². The first-order valence-electron chi connectivity index (χ1n) is 19.0. The minimum atomic E-state index is -4.87. The number of phosphoric ester groups is 1. The van der Waals surface area contributed by atoms with Crippen molar-refractivity contribution in [3.63, 3.8) is 0 Å². The first-order valence-corrected chi connectivity index (χ1v) is 20.5. The summed E-state index contributed by atoms with van der Waals surface area (Å²) in [5.74, 6) is -0.426. The number of nitrogen functional groups attached to an aromatic ring is 1. The van der Waals surface area contributed by atoms with Crippen molar-refractivity contribution in [1.82, 2.24) is 14.6 Å². The second-order valence-electron chi connectivity index (χ2n) is 14.0. The van der Waals surface area contributed by atoms with Crippen molar-refractivity contribution in [2.45, 2.75) is 140 Å². The van der Waals surface area contributed by atoms with E-state index in [2.05, 4.69) is 17.0 Å². The molecule has 6 atom stereocenters. The minimum absolute atomic E-state index is 0.0719. The summed E-state index contributed by atoms with van der Waals surface area (Å²) < 4.78 is 50.7. The summed E-state index contributed by atoms with van der Waals surface area (Å²) in [6, 6.07) is 10.7. The van der Waals surface area contributed by atoms with Gasteiger partial charge in [0, 0.05) is 0 Å². The molecule has 0 aliphatic carbocycles. The van der Waals surface area contributed by atoms with Crippen molar-refractivity contribution in [2.75, 3.05) is 18.9 Å². The van der Waals surface area contributed by atoms with Gasteiger partial charge in [-0.2, -0.15) is 15.6 Å². The number of nitrogens with zero attached hydrogens (tertiary/aromatic N) is 5. The SMILES string of the molecule is CCCCCCCCCCCCCCCC[C@@H](COP(=O)(O)OC[C@@]1(C#N)O[C@@H](c2ccc3c(N)ncnn23)[C@H](O)[C@@H]1O)OCc1cc(F)cc(C#N)c1. The van der Waals surface area contributed by atoms with Gasteiger partial charge in [0.05, 0.1) is 36.6 Å². The number of nitriles is 2. The van der Waals surface area contributed by atoms with Gasteiger partial charge in [0.25, 0.3) is 0 Å². The van der Waals surface area contributed by atoms with Crippen LogP contribution in [-0.2, 0) is 29.7 Å². The van der Waals surface area contributed by atoms with Crippen molar-refractivity contribution >= 4 is 19.2 Å². The Morgan fingerprint density at radius 1 is 1.00 bits per heavy atom. The number of halogens is 1. The molecule has 0 spiro atoms. The highest BCUT2D eigenvalue weighted by atomic mass is 31.2. The average molecular weight is 773 g/mol. The zero-order chi connectivity index (χ0) is 39.0. The zero-order valence-corrected chi connectivity index (χ0v) is 31.9. The monoisotopic (exact) mass is 772 g/mol. The van der Waals surface area contributed by atoms with Gasteiger partial charge >= 0.3 is 7.82 Å². The van der Waals surface area contributed by atoms with Crippen molar-refractivity contribution in [2.24, 2.45) is 0 Å². The van der Waals surface area contributed by atoms with Gasteiger partial charge < -0.3 is 30.3 Å². The van der Waals surface area contributed by atoms with E-state index in [1.54, 1.807) is 18.2 Å². The Bertz CT molecular complexity index is 1750. The van der Waals surface area contributed by atoms with Gasteiger partial charge in [-0.3, -0.25) is 9.05 Å². The summed E-state index contributed by atoms with van der Waals surface area (Å²) in [6.45, 7) is 0.863. The van der Waals surface area contributed by atoms with E-state index in [4.69, 9.17) is 24.3 Å². The minimum Gasteiger partial charge on any atom is -0.387 e. The normalized spacial score (nSPS) is 21.5. The predicted molar refractivity (Wildman–Crippen MR) is 198 cm³/mol. The molecule has 1 aliphatic heterocycles. The van der Waals surface area contributed by atoms with E-state index in [0.29, 0.717) is 17.5 Å². The molecule has 54 heavy (non-hydrogen) atoms. The Hall–Kier alpha value is -3.50. The maximum Gasteiger partial charge on any atom is 0.472 e. The quantitative estimate of drug-likeness (QED) is 0.0506. The summed E-state index contributed by atoms with van der Waals surface area (Å²) in [6.07, 6.45) is 12.9. The highest BCUT2D eigenvalue weighted by molar-refractivity contribution is 7.47. The van der Waals surface area contributed by atoms with E-state index in [9.17, 15) is 34.6 Å². The molecule has 3 aromatic rings. The summed E-state index contributed by atoms with van der Waals surface area (Å²) in [7, 11) is -4.87. The van der Waals surface area contributed by atoms with E-state index in [0.717, 1.165) is 31.7 Å². The van der Waals surface area contributed by atoms with Crippen LogP contribution < -0.4 is 5.73 Å². The smallest absolute Gasteiger partial charge is 0.387 e. The summed E-state index contributed by atoms with van der Waals surface area (Å²) in [5.41, 5.74) is 4.88. The van der Waals surface area contributed by atoms with E-state index in [1.807, 2.05) is 6.07 Å². The Balaban J connectivity index is 1.28. The average Bonchev–Trinajstić information content (AvgIpc) is 3.70. The lowest BCUT2D eigenvalue weighted by Crippen LogP contribution is -2.45. The highest BCUT2D eigenvalue weighted by Gasteiger charge is 2.57. The first-order chi connectivity index (χ1) is 26.0. The molecular formula is C38H54FN6O8P. The predicted octanol–water partition coefficient (Wildman–Crippen LogP) is 6.97. The van der Waals surface area contributed by atoms with Crippen molar-refractivity contribution in [3.05, 3.63) is 59.3 Å². The number of phosphoric acid groups is 1. The van der Waals surface area contributed by atoms with Gasteiger partial charge in [0.1, 0.15) is 48.6 Å². The molecule has 1 aromatic carbocycles. The number of rotatable bonds is 25. The van der Waals surface area contributed by atoms with Crippen LogP contribution in [0.1, 0.15) is 126 Å². The third kappa shape index (κ3) is 12.5.